The number of methoxy groups -OCH3 is 1. The number of benzene rings is 1. The third-order valence-electron chi connectivity index (χ3n) is 4.19. The van der Waals surface area contributed by atoms with E-state index in [1.165, 1.54) is 10.9 Å². The molecule has 5 heteroatoms. The summed E-state index contributed by atoms with van der Waals surface area (Å²) in [6.45, 7) is 8.27. The van der Waals surface area contributed by atoms with Crippen LogP contribution in [0.25, 0.3) is 10.9 Å². The second-order valence-electron chi connectivity index (χ2n) is 7.16. The second-order valence-corrected chi connectivity index (χ2v) is 7.16. The summed E-state index contributed by atoms with van der Waals surface area (Å²) in [5.74, 6) is 0.849. The number of fused-ring (bicyclic) bond motifs is 3. The first kappa shape index (κ1) is 15.7. The van der Waals surface area contributed by atoms with Crippen LogP contribution in [0.15, 0.2) is 18.2 Å². The van der Waals surface area contributed by atoms with Crippen LogP contribution in [0.1, 0.15) is 39.0 Å². The molecule has 1 N–H and O–H groups in total. The molecule has 1 aromatic carbocycles. The van der Waals surface area contributed by atoms with Crippen LogP contribution in [-0.4, -0.2) is 34.7 Å². The molecule has 0 fully saturated rings. The Labute approximate surface area is 136 Å². The predicted molar refractivity (Wildman–Crippen MR) is 89.8 cm³/mol. The van der Waals surface area contributed by atoms with Gasteiger partial charge in [-0.3, -0.25) is 4.90 Å². The zero-order chi connectivity index (χ0) is 16.8. The Kier molecular flexibility index (Phi) is 3.74. The largest absolute Gasteiger partial charge is 0.497 e. The zero-order valence-corrected chi connectivity index (χ0v) is 14.4. The van der Waals surface area contributed by atoms with Gasteiger partial charge in [-0.2, -0.15) is 0 Å². The zero-order valence-electron chi connectivity index (χ0n) is 14.4. The van der Waals surface area contributed by atoms with Crippen LogP contribution in [-0.2, 0) is 17.7 Å². The number of hydrogen-bond acceptors (Lipinski definition) is 3. The van der Waals surface area contributed by atoms with Crippen molar-refractivity contribution in [3.8, 4) is 5.75 Å². The number of H-pyrrole nitrogens is 1. The minimum absolute atomic E-state index is 0.0996. The summed E-state index contributed by atoms with van der Waals surface area (Å²) in [7, 11) is 1.67. The number of nitrogens with zero attached hydrogens (tertiary/aromatic N) is 1. The van der Waals surface area contributed by atoms with E-state index in [0.29, 0.717) is 6.54 Å². The normalized spacial score (nSPS) is 18.0. The molecule has 0 saturated heterocycles. The summed E-state index contributed by atoms with van der Waals surface area (Å²) in [6.07, 6.45) is 0.550. The highest BCUT2D eigenvalue weighted by atomic mass is 16.6. The van der Waals surface area contributed by atoms with Crippen molar-refractivity contribution < 1.29 is 14.3 Å². The van der Waals surface area contributed by atoms with Crippen LogP contribution in [0.3, 0.4) is 0 Å². The molecule has 0 radical (unpaired) electrons. The fraction of sp³-hybridized carbons (Fsp3) is 0.500. The lowest BCUT2D eigenvalue weighted by molar-refractivity contribution is 0.0136. The molecule has 5 nitrogen and oxygen atoms in total. The summed E-state index contributed by atoms with van der Waals surface area (Å²) in [5.41, 5.74) is 2.95. The van der Waals surface area contributed by atoms with Gasteiger partial charge in [0.1, 0.15) is 11.4 Å². The minimum Gasteiger partial charge on any atom is -0.497 e. The van der Waals surface area contributed by atoms with E-state index in [1.807, 2.05) is 32.9 Å². The Morgan fingerprint density at radius 3 is 2.74 bits per heavy atom. The van der Waals surface area contributed by atoms with Crippen LogP contribution in [0, 0.1) is 0 Å². The van der Waals surface area contributed by atoms with E-state index in [1.54, 1.807) is 12.0 Å². The van der Waals surface area contributed by atoms with Gasteiger partial charge in [0.15, 0.2) is 0 Å². The first-order valence-electron chi connectivity index (χ1n) is 7.95. The van der Waals surface area contributed by atoms with Gasteiger partial charge < -0.3 is 14.5 Å². The second kappa shape index (κ2) is 5.48. The third-order valence-corrected chi connectivity index (χ3v) is 4.19. The molecular formula is C18H24N2O3. The van der Waals surface area contributed by atoms with E-state index in [9.17, 15) is 4.79 Å². The average Bonchev–Trinajstić information content (AvgIpc) is 2.81. The molecule has 1 atom stereocenters. The van der Waals surface area contributed by atoms with Crippen molar-refractivity contribution in [2.45, 2.75) is 52.3 Å². The molecule has 2 aromatic rings. The van der Waals surface area contributed by atoms with E-state index in [0.717, 1.165) is 23.4 Å². The average molecular weight is 316 g/mol. The van der Waals surface area contributed by atoms with Crippen molar-refractivity contribution >= 4 is 17.0 Å². The maximum absolute atomic E-state index is 12.4. The molecular weight excluding hydrogens is 292 g/mol. The quantitative estimate of drug-likeness (QED) is 0.869. The van der Waals surface area contributed by atoms with Crippen molar-refractivity contribution in [1.29, 1.82) is 0 Å². The first-order valence-corrected chi connectivity index (χ1v) is 7.95. The van der Waals surface area contributed by atoms with E-state index in [4.69, 9.17) is 9.47 Å². The van der Waals surface area contributed by atoms with Crippen molar-refractivity contribution in [2.24, 2.45) is 0 Å². The topological polar surface area (TPSA) is 54.6 Å². The standard InChI is InChI=1S/C18H24N2O3/c1-11-8-13-14-9-12(22-5)6-7-15(14)19-16(13)10-20(11)17(21)23-18(2,3)4/h6-7,9,11,19H,8,10H2,1-5H3. The lowest BCUT2D eigenvalue weighted by atomic mass is 9.98. The Morgan fingerprint density at radius 1 is 1.35 bits per heavy atom. The Hall–Kier alpha value is -2.17. The van der Waals surface area contributed by atoms with Crippen LogP contribution in [0.5, 0.6) is 5.75 Å². The number of aromatic nitrogens is 1. The predicted octanol–water partition coefficient (Wildman–Crippen LogP) is 3.86. The molecule has 0 saturated carbocycles. The number of nitrogens with one attached hydrogen (secondary N) is 1. The van der Waals surface area contributed by atoms with E-state index < -0.39 is 5.60 Å². The van der Waals surface area contributed by atoms with E-state index >= 15 is 0 Å². The molecule has 124 valence electrons. The molecule has 1 aromatic heterocycles. The number of aromatic amines is 1. The van der Waals surface area contributed by atoms with Gasteiger partial charge in [0.2, 0.25) is 0 Å². The highest BCUT2D eigenvalue weighted by Gasteiger charge is 2.32. The lowest BCUT2D eigenvalue weighted by Gasteiger charge is -2.34. The smallest absolute Gasteiger partial charge is 0.410 e. The summed E-state index contributed by atoms with van der Waals surface area (Å²) in [6, 6.07) is 6.12. The molecule has 1 unspecified atom stereocenters. The van der Waals surface area contributed by atoms with Crippen LogP contribution >= 0.6 is 0 Å². The Morgan fingerprint density at radius 2 is 2.09 bits per heavy atom. The molecule has 1 aliphatic rings. The van der Waals surface area contributed by atoms with Gasteiger partial charge in [-0.15, -0.1) is 0 Å². The lowest BCUT2D eigenvalue weighted by Crippen LogP contribution is -2.45. The molecule has 2 heterocycles. The third kappa shape index (κ3) is 3.00. The molecule has 1 aliphatic heterocycles. The number of ether oxygens (including phenoxy) is 2. The molecule has 0 spiro atoms. The monoisotopic (exact) mass is 316 g/mol. The number of rotatable bonds is 1. The Bertz CT molecular complexity index is 743. The molecule has 1 amide bonds. The number of amides is 1. The molecule has 23 heavy (non-hydrogen) atoms. The van der Waals surface area contributed by atoms with Gasteiger partial charge >= 0.3 is 6.09 Å². The molecule has 3 rings (SSSR count). The Balaban J connectivity index is 1.92. The fourth-order valence-electron chi connectivity index (χ4n) is 3.07. The van der Waals surface area contributed by atoms with Gasteiger partial charge in [-0.25, -0.2) is 4.79 Å². The van der Waals surface area contributed by atoms with E-state index in [-0.39, 0.29) is 12.1 Å². The summed E-state index contributed by atoms with van der Waals surface area (Å²) < 4.78 is 10.9. The van der Waals surface area contributed by atoms with Crippen molar-refractivity contribution in [3.63, 3.8) is 0 Å². The first-order chi connectivity index (χ1) is 10.8. The summed E-state index contributed by atoms with van der Waals surface area (Å²) in [5, 5.41) is 1.18. The SMILES string of the molecule is COc1ccc2[nH]c3c(c2c1)CC(C)N(C(=O)OC(C)(C)C)C3. The molecule has 0 aliphatic carbocycles. The maximum Gasteiger partial charge on any atom is 0.410 e. The summed E-state index contributed by atoms with van der Waals surface area (Å²) >= 11 is 0. The maximum atomic E-state index is 12.4. The van der Waals surface area contributed by atoms with Crippen LogP contribution in [0.4, 0.5) is 4.79 Å². The van der Waals surface area contributed by atoms with Crippen LogP contribution < -0.4 is 4.74 Å². The van der Waals surface area contributed by atoms with Crippen molar-refractivity contribution in [1.82, 2.24) is 9.88 Å². The van der Waals surface area contributed by atoms with Gasteiger partial charge in [-0.05, 0) is 57.9 Å². The fourth-order valence-corrected chi connectivity index (χ4v) is 3.07. The van der Waals surface area contributed by atoms with Gasteiger partial charge in [0, 0.05) is 22.6 Å². The summed E-state index contributed by atoms with van der Waals surface area (Å²) in [4.78, 5) is 17.6. The number of hydrogen-bond donors (Lipinski definition) is 1. The van der Waals surface area contributed by atoms with Crippen LogP contribution in [0.2, 0.25) is 0 Å². The number of carbonyl (C=O) groups is 1. The highest BCUT2D eigenvalue weighted by molar-refractivity contribution is 5.86. The highest BCUT2D eigenvalue weighted by Crippen LogP contribution is 2.32. The minimum atomic E-state index is -0.481. The van der Waals surface area contributed by atoms with Crippen molar-refractivity contribution in [3.05, 3.63) is 29.5 Å². The van der Waals surface area contributed by atoms with Gasteiger partial charge in [0.05, 0.1) is 13.7 Å². The van der Waals surface area contributed by atoms with E-state index in [2.05, 4.69) is 18.0 Å². The van der Waals surface area contributed by atoms with Crippen molar-refractivity contribution in [2.75, 3.05) is 7.11 Å². The van der Waals surface area contributed by atoms with Gasteiger partial charge in [-0.1, -0.05) is 0 Å². The molecule has 0 bridgehead atoms. The number of carbonyl (C=O) groups excluding carboxylic acids is 1. The van der Waals surface area contributed by atoms with Gasteiger partial charge in [0.25, 0.3) is 0 Å².